The molecular formula is C7H12F2. The topological polar surface area (TPSA) is 0 Å². The molecule has 0 N–H and O–H groups in total. The Morgan fingerprint density at radius 1 is 1.33 bits per heavy atom. The maximum absolute atomic E-state index is 12.4. The fourth-order valence-corrected chi connectivity index (χ4v) is 0.482. The quantitative estimate of drug-likeness (QED) is 0.544. The molecule has 0 aliphatic heterocycles. The molecule has 2 heteroatoms. The van der Waals surface area contributed by atoms with Crippen molar-refractivity contribution in [3.8, 4) is 0 Å². The van der Waals surface area contributed by atoms with Gasteiger partial charge in [0, 0.05) is 5.92 Å². The fourth-order valence-electron chi connectivity index (χ4n) is 0.482. The number of hydrogen-bond acceptors (Lipinski definition) is 0. The minimum absolute atomic E-state index is 0.157. The summed E-state index contributed by atoms with van der Waals surface area (Å²) in [6.45, 7) is 4.85. The van der Waals surface area contributed by atoms with Crippen molar-refractivity contribution in [3.05, 3.63) is 11.7 Å². The first-order valence-corrected chi connectivity index (χ1v) is 3.13. The molecule has 0 saturated heterocycles. The van der Waals surface area contributed by atoms with E-state index in [1.165, 1.54) is 0 Å². The molecule has 0 amide bonds. The highest BCUT2D eigenvalue weighted by molar-refractivity contribution is 5.00. The summed E-state index contributed by atoms with van der Waals surface area (Å²) in [4.78, 5) is 0. The average Bonchev–Trinajstić information content (AvgIpc) is 1.84. The summed E-state index contributed by atoms with van der Waals surface area (Å²) in [5.74, 6) is -1.55. The molecule has 0 aromatic rings. The van der Waals surface area contributed by atoms with Crippen LogP contribution in [0.3, 0.4) is 0 Å². The van der Waals surface area contributed by atoms with E-state index in [9.17, 15) is 8.78 Å². The standard InChI is InChI=1S/C7H12F2/c1-4-6(8)7(9)5(2)3/h5H,4H2,1-3H3/b7-6-. The van der Waals surface area contributed by atoms with Gasteiger partial charge < -0.3 is 0 Å². The molecule has 0 bridgehead atoms. The van der Waals surface area contributed by atoms with E-state index in [0.29, 0.717) is 0 Å². The highest BCUT2D eigenvalue weighted by Gasteiger charge is 2.06. The first-order chi connectivity index (χ1) is 4.09. The first kappa shape index (κ1) is 8.60. The normalized spacial score (nSPS) is 14.0. The summed E-state index contributed by atoms with van der Waals surface area (Å²) in [5.41, 5.74) is 0. The molecule has 0 unspecified atom stereocenters. The van der Waals surface area contributed by atoms with Gasteiger partial charge in [-0.1, -0.05) is 20.8 Å². The molecular weight excluding hydrogens is 122 g/mol. The number of halogens is 2. The van der Waals surface area contributed by atoms with Crippen LogP contribution in [-0.2, 0) is 0 Å². The van der Waals surface area contributed by atoms with Gasteiger partial charge in [-0.15, -0.1) is 0 Å². The molecule has 0 atom stereocenters. The molecule has 0 aliphatic carbocycles. The molecule has 0 rings (SSSR count). The monoisotopic (exact) mass is 134 g/mol. The van der Waals surface area contributed by atoms with Crippen LogP contribution in [0, 0.1) is 5.92 Å². The lowest BCUT2D eigenvalue weighted by atomic mass is 10.1. The minimum Gasteiger partial charge on any atom is -0.209 e. The molecule has 0 saturated carbocycles. The van der Waals surface area contributed by atoms with Crippen LogP contribution in [0.1, 0.15) is 27.2 Å². The van der Waals surface area contributed by atoms with Crippen molar-refractivity contribution in [2.75, 3.05) is 0 Å². The van der Waals surface area contributed by atoms with Gasteiger partial charge in [-0.05, 0) is 6.42 Å². The second-order valence-corrected chi connectivity index (χ2v) is 2.26. The highest BCUT2D eigenvalue weighted by atomic mass is 19.2. The number of hydrogen-bond donors (Lipinski definition) is 0. The van der Waals surface area contributed by atoms with Crippen LogP contribution in [0.15, 0.2) is 11.7 Å². The van der Waals surface area contributed by atoms with Gasteiger partial charge in [-0.3, -0.25) is 0 Å². The summed E-state index contributed by atoms with van der Waals surface area (Å²) in [6.07, 6.45) is 0.157. The lowest BCUT2D eigenvalue weighted by Gasteiger charge is -2.00. The van der Waals surface area contributed by atoms with Crippen LogP contribution in [-0.4, -0.2) is 0 Å². The smallest absolute Gasteiger partial charge is 0.134 e. The van der Waals surface area contributed by atoms with Gasteiger partial charge in [-0.2, -0.15) is 0 Å². The first-order valence-electron chi connectivity index (χ1n) is 3.13. The van der Waals surface area contributed by atoms with Gasteiger partial charge in [-0.25, -0.2) is 8.78 Å². The Kier molecular flexibility index (Phi) is 3.43. The Balaban J connectivity index is 4.10. The molecule has 0 aromatic heterocycles. The van der Waals surface area contributed by atoms with Crippen molar-refractivity contribution in [1.82, 2.24) is 0 Å². The summed E-state index contributed by atoms with van der Waals surface area (Å²) in [6, 6.07) is 0. The Morgan fingerprint density at radius 3 is 1.89 bits per heavy atom. The minimum atomic E-state index is -0.620. The molecule has 0 radical (unpaired) electrons. The largest absolute Gasteiger partial charge is 0.209 e. The van der Waals surface area contributed by atoms with Gasteiger partial charge in [0.15, 0.2) is 0 Å². The van der Waals surface area contributed by atoms with Gasteiger partial charge >= 0.3 is 0 Å². The Bertz CT molecular complexity index is 114. The number of rotatable bonds is 2. The maximum atomic E-state index is 12.4. The van der Waals surface area contributed by atoms with E-state index in [0.717, 1.165) is 0 Å². The lowest BCUT2D eigenvalue weighted by molar-refractivity contribution is 0.451. The Morgan fingerprint density at radius 2 is 1.78 bits per heavy atom. The summed E-state index contributed by atoms with van der Waals surface area (Å²) < 4.78 is 24.7. The molecule has 9 heavy (non-hydrogen) atoms. The third kappa shape index (κ3) is 2.59. The zero-order valence-electron chi connectivity index (χ0n) is 6.04. The second-order valence-electron chi connectivity index (χ2n) is 2.26. The second kappa shape index (κ2) is 3.59. The van der Waals surface area contributed by atoms with E-state index in [1.807, 2.05) is 0 Å². The van der Waals surface area contributed by atoms with E-state index in [2.05, 4.69) is 0 Å². The molecule has 0 nitrogen and oxygen atoms in total. The van der Waals surface area contributed by atoms with Crippen molar-refractivity contribution in [3.63, 3.8) is 0 Å². The Labute approximate surface area is 54.6 Å². The van der Waals surface area contributed by atoms with Crippen LogP contribution < -0.4 is 0 Å². The molecule has 0 fully saturated rings. The van der Waals surface area contributed by atoms with Crippen molar-refractivity contribution in [2.45, 2.75) is 27.2 Å². The van der Waals surface area contributed by atoms with Crippen LogP contribution >= 0.6 is 0 Å². The van der Waals surface area contributed by atoms with Crippen LogP contribution in [0.5, 0.6) is 0 Å². The summed E-state index contributed by atoms with van der Waals surface area (Å²) in [7, 11) is 0. The molecule has 0 spiro atoms. The fraction of sp³-hybridized carbons (Fsp3) is 0.714. The SMILES string of the molecule is CC/C(F)=C(/F)C(C)C. The van der Waals surface area contributed by atoms with Gasteiger partial charge in [0.2, 0.25) is 0 Å². The zero-order valence-corrected chi connectivity index (χ0v) is 6.04. The zero-order chi connectivity index (χ0) is 7.44. The maximum Gasteiger partial charge on any atom is 0.134 e. The van der Waals surface area contributed by atoms with Gasteiger partial charge in [0.25, 0.3) is 0 Å². The van der Waals surface area contributed by atoms with Crippen LogP contribution in [0.2, 0.25) is 0 Å². The third-order valence-corrected chi connectivity index (χ3v) is 1.08. The number of allylic oxidation sites excluding steroid dienone is 2. The van der Waals surface area contributed by atoms with Crippen LogP contribution in [0.4, 0.5) is 8.78 Å². The lowest BCUT2D eigenvalue weighted by Crippen LogP contribution is -1.89. The van der Waals surface area contributed by atoms with E-state index in [-0.39, 0.29) is 12.3 Å². The average molecular weight is 134 g/mol. The summed E-state index contributed by atoms with van der Waals surface area (Å²) in [5, 5.41) is 0. The molecule has 0 aliphatic rings. The Hall–Kier alpha value is -0.400. The van der Waals surface area contributed by atoms with Crippen molar-refractivity contribution < 1.29 is 8.78 Å². The van der Waals surface area contributed by atoms with E-state index < -0.39 is 11.7 Å². The molecule has 0 heterocycles. The van der Waals surface area contributed by atoms with Crippen molar-refractivity contribution in [1.29, 1.82) is 0 Å². The predicted octanol–water partition coefficient (Wildman–Crippen LogP) is 3.20. The molecule has 0 aromatic carbocycles. The third-order valence-electron chi connectivity index (χ3n) is 1.08. The van der Waals surface area contributed by atoms with Gasteiger partial charge in [0.1, 0.15) is 11.7 Å². The van der Waals surface area contributed by atoms with Gasteiger partial charge in [0.05, 0.1) is 0 Å². The van der Waals surface area contributed by atoms with E-state index >= 15 is 0 Å². The van der Waals surface area contributed by atoms with Crippen molar-refractivity contribution >= 4 is 0 Å². The molecule has 54 valence electrons. The highest BCUT2D eigenvalue weighted by Crippen LogP contribution is 2.18. The predicted molar refractivity (Wildman–Crippen MR) is 34.4 cm³/mol. The van der Waals surface area contributed by atoms with Crippen LogP contribution in [0.25, 0.3) is 0 Å². The summed E-state index contributed by atoms with van der Waals surface area (Å²) >= 11 is 0. The van der Waals surface area contributed by atoms with E-state index in [1.54, 1.807) is 20.8 Å². The van der Waals surface area contributed by atoms with E-state index in [4.69, 9.17) is 0 Å². The van der Waals surface area contributed by atoms with Crippen molar-refractivity contribution in [2.24, 2.45) is 5.92 Å².